The summed E-state index contributed by atoms with van der Waals surface area (Å²) in [5, 5.41) is 12.4. The molecule has 6 heteroatoms. The lowest BCUT2D eigenvalue weighted by atomic mass is 10.1. The fourth-order valence-corrected chi connectivity index (χ4v) is 1.81. The van der Waals surface area contributed by atoms with Crippen molar-refractivity contribution in [3.05, 3.63) is 42.5 Å². The van der Waals surface area contributed by atoms with Crippen molar-refractivity contribution < 1.29 is 14.7 Å². The van der Waals surface area contributed by atoms with Crippen LogP contribution in [0.15, 0.2) is 42.1 Å². The molecule has 18 heavy (non-hydrogen) atoms. The Hall–Kier alpha value is -2.50. The monoisotopic (exact) mass is 245 g/mol. The summed E-state index contributed by atoms with van der Waals surface area (Å²) in [5.74, 6) is 1.37. The number of rotatable bonds is 3. The normalized spacial score (nSPS) is 13.9. The maximum Gasteiger partial charge on any atom is 0.231 e. The molecule has 0 atom stereocenters. The molecule has 0 saturated carbocycles. The molecule has 3 rings (SSSR count). The Kier molecular flexibility index (Phi) is 2.60. The van der Waals surface area contributed by atoms with E-state index in [2.05, 4.69) is 10.1 Å². The first-order chi connectivity index (χ1) is 8.86. The second-order valence-electron chi connectivity index (χ2n) is 3.85. The van der Waals surface area contributed by atoms with E-state index in [9.17, 15) is 0 Å². The lowest BCUT2D eigenvalue weighted by Gasteiger charge is -2.06. The van der Waals surface area contributed by atoms with Gasteiger partial charge in [0.2, 0.25) is 6.79 Å². The molecule has 92 valence electrons. The summed E-state index contributed by atoms with van der Waals surface area (Å²) >= 11 is 0. The molecule has 0 amide bonds. The molecule has 1 aromatic carbocycles. The van der Waals surface area contributed by atoms with Gasteiger partial charge in [0.05, 0.1) is 12.9 Å². The molecule has 0 unspecified atom stereocenters. The van der Waals surface area contributed by atoms with Gasteiger partial charge in [-0.3, -0.25) is 0 Å². The number of hydrogen-bond acceptors (Lipinski definition) is 5. The van der Waals surface area contributed by atoms with E-state index in [1.807, 2.05) is 10.6 Å². The van der Waals surface area contributed by atoms with Gasteiger partial charge in [0.15, 0.2) is 11.5 Å². The summed E-state index contributed by atoms with van der Waals surface area (Å²) in [5.41, 5.74) is 1.32. The minimum atomic E-state index is 0.228. The summed E-state index contributed by atoms with van der Waals surface area (Å²) in [6, 6.07) is 5.44. The second kappa shape index (κ2) is 4.40. The molecule has 0 saturated heterocycles. The van der Waals surface area contributed by atoms with E-state index >= 15 is 0 Å². The predicted molar refractivity (Wildman–Crippen MR) is 63.1 cm³/mol. The Bertz CT molecular complexity index is 578. The number of fused-ring (bicyclic) bond motifs is 1. The first kappa shape index (κ1) is 10.6. The molecule has 0 bridgehead atoms. The lowest BCUT2D eigenvalue weighted by molar-refractivity contribution is 0.174. The molecule has 0 fully saturated rings. The van der Waals surface area contributed by atoms with Gasteiger partial charge in [-0.25, -0.2) is 4.98 Å². The van der Waals surface area contributed by atoms with Crippen LogP contribution in [0.25, 0.3) is 0 Å². The largest absolute Gasteiger partial charge is 0.454 e. The van der Waals surface area contributed by atoms with Crippen molar-refractivity contribution in [2.45, 2.75) is 6.54 Å². The van der Waals surface area contributed by atoms with E-state index in [-0.39, 0.29) is 6.79 Å². The van der Waals surface area contributed by atoms with Crippen molar-refractivity contribution in [3.8, 4) is 11.5 Å². The highest BCUT2D eigenvalue weighted by Gasteiger charge is 2.15. The number of aromatic nitrogens is 2. The van der Waals surface area contributed by atoms with E-state index in [1.165, 1.54) is 0 Å². The van der Waals surface area contributed by atoms with Crippen LogP contribution in [0.2, 0.25) is 0 Å². The Labute approximate surface area is 103 Å². The number of hydrogen-bond donors (Lipinski definition) is 1. The van der Waals surface area contributed by atoms with Crippen molar-refractivity contribution in [2.75, 3.05) is 6.79 Å². The topological polar surface area (TPSA) is 68.9 Å². The van der Waals surface area contributed by atoms with Crippen LogP contribution in [0.3, 0.4) is 0 Å². The minimum absolute atomic E-state index is 0.228. The van der Waals surface area contributed by atoms with E-state index in [4.69, 9.17) is 14.7 Å². The number of nitrogens with zero attached hydrogens (tertiary/aromatic N) is 3. The molecular formula is C12H11N3O3. The van der Waals surface area contributed by atoms with E-state index in [0.717, 1.165) is 5.56 Å². The maximum absolute atomic E-state index is 9.11. The number of benzene rings is 1. The van der Waals surface area contributed by atoms with Gasteiger partial charge in [-0.2, -0.15) is 0 Å². The zero-order chi connectivity index (χ0) is 12.4. The molecule has 2 heterocycles. The van der Waals surface area contributed by atoms with Crippen LogP contribution in [-0.2, 0) is 6.54 Å². The van der Waals surface area contributed by atoms with Gasteiger partial charge in [-0.1, -0.05) is 5.16 Å². The summed E-state index contributed by atoms with van der Waals surface area (Å²) < 4.78 is 12.3. The average molecular weight is 245 g/mol. The zero-order valence-corrected chi connectivity index (χ0v) is 9.48. The van der Waals surface area contributed by atoms with Crippen molar-refractivity contribution >= 4 is 5.71 Å². The molecule has 1 aromatic heterocycles. The van der Waals surface area contributed by atoms with Crippen molar-refractivity contribution in [1.82, 2.24) is 9.55 Å². The second-order valence-corrected chi connectivity index (χ2v) is 3.85. The Morgan fingerprint density at radius 1 is 1.39 bits per heavy atom. The van der Waals surface area contributed by atoms with Gasteiger partial charge in [-0.15, -0.1) is 0 Å². The first-order valence-electron chi connectivity index (χ1n) is 5.43. The Morgan fingerprint density at radius 3 is 3.06 bits per heavy atom. The molecule has 0 spiro atoms. The summed E-state index contributed by atoms with van der Waals surface area (Å²) in [4.78, 5) is 3.94. The van der Waals surface area contributed by atoms with Crippen LogP contribution in [0.4, 0.5) is 0 Å². The van der Waals surface area contributed by atoms with Crippen LogP contribution in [-0.4, -0.2) is 27.3 Å². The standard InChI is InChI=1S/C12H11N3O3/c16-14-10(6-15-4-3-13-7-15)9-1-2-11-12(5-9)18-8-17-11/h1-5,7,16H,6,8H2. The quantitative estimate of drug-likeness (QED) is 0.505. The summed E-state index contributed by atoms with van der Waals surface area (Å²) in [7, 11) is 0. The highest BCUT2D eigenvalue weighted by molar-refractivity contribution is 6.00. The third-order valence-corrected chi connectivity index (χ3v) is 2.72. The van der Waals surface area contributed by atoms with Crippen LogP contribution in [0.5, 0.6) is 11.5 Å². The van der Waals surface area contributed by atoms with Crippen LogP contribution in [0.1, 0.15) is 5.56 Å². The molecule has 2 aromatic rings. The van der Waals surface area contributed by atoms with Crippen molar-refractivity contribution in [3.63, 3.8) is 0 Å². The predicted octanol–water partition coefficient (Wildman–Crippen LogP) is 1.49. The van der Waals surface area contributed by atoms with E-state index in [1.54, 1.807) is 30.9 Å². The fraction of sp³-hybridized carbons (Fsp3) is 0.167. The first-order valence-corrected chi connectivity index (χ1v) is 5.43. The number of imidazole rings is 1. The molecule has 0 radical (unpaired) electrons. The SMILES string of the molecule is ON=C(Cn1ccnc1)c1ccc2c(c1)OCO2. The smallest absolute Gasteiger partial charge is 0.231 e. The average Bonchev–Trinajstić information content (AvgIpc) is 3.06. The minimum Gasteiger partial charge on any atom is -0.454 e. The third kappa shape index (κ3) is 1.88. The molecule has 1 N–H and O–H groups in total. The molecular weight excluding hydrogens is 234 g/mol. The molecule has 6 nitrogen and oxygen atoms in total. The van der Waals surface area contributed by atoms with Crippen LogP contribution >= 0.6 is 0 Å². The van der Waals surface area contributed by atoms with Gasteiger partial charge in [0.1, 0.15) is 5.71 Å². The van der Waals surface area contributed by atoms with Crippen molar-refractivity contribution in [1.29, 1.82) is 0 Å². The Balaban J connectivity index is 1.88. The van der Waals surface area contributed by atoms with Crippen molar-refractivity contribution in [2.24, 2.45) is 5.16 Å². The van der Waals surface area contributed by atoms with Gasteiger partial charge < -0.3 is 19.2 Å². The third-order valence-electron chi connectivity index (χ3n) is 2.72. The molecule has 1 aliphatic rings. The number of ether oxygens (including phenoxy) is 2. The van der Waals surface area contributed by atoms with Gasteiger partial charge in [0.25, 0.3) is 0 Å². The zero-order valence-electron chi connectivity index (χ0n) is 9.48. The van der Waals surface area contributed by atoms with Gasteiger partial charge in [-0.05, 0) is 18.2 Å². The summed E-state index contributed by atoms with van der Waals surface area (Å²) in [6.07, 6.45) is 5.14. The molecule has 1 aliphatic heterocycles. The van der Waals surface area contributed by atoms with Gasteiger partial charge in [0, 0.05) is 18.0 Å². The molecule has 0 aliphatic carbocycles. The highest BCUT2D eigenvalue weighted by Crippen LogP contribution is 2.32. The highest BCUT2D eigenvalue weighted by atomic mass is 16.7. The Morgan fingerprint density at radius 2 is 2.28 bits per heavy atom. The van der Waals surface area contributed by atoms with E-state index in [0.29, 0.717) is 23.8 Å². The van der Waals surface area contributed by atoms with Crippen LogP contribution in [0, 0.1) is 0 Å². The van der Waals surface area contributed by atoms with Crippen LogP contribution < -0.4 is 9.47 Å². The van der Waals surface area contributed by atoms with E-state index < -0.39 is 0 Å². The lowest BCUT2D eigenvalue weighted by Crippen LogP contribution is -2.10. The maximum atomic E-state index is 9.11. The van der Waals surface area contributed by atoms with Gasteiger partial charge >= 0.3 is 0 Å². The number of oxime groups is 1. The summed E-state index contributed by atoms with van der Waals surface area (Å²) in [6.45, 7) is 0.669. The fourth-order valence-electron chi connectivity index (χ4n) is 1.81.